The lowest BCUT2D eigenvalue weighted by Gasteiger charge is -2.31. The first kappa shape index (κ1) is 22.3. The van der Waals surface area contributed by atoms with Crippen molar-refractivity contribution < 1.29 is 17.6 Å². The number of hydrogen-bond acceptors (Lipinski definition) is 3. The number of sulfonamides is 1. The highest BCUT2D eigenvalue weighted by atomic mass is 32.2. The molecule has 0 heterocycles. The van der Waals surface area contributed by atoms with Gasteiger partial charge in [0, 0.05) is 0 Å². The lowest BCUT2D eigenvalue weighted by Crippen LogP contribution is -2.49. The van der Waals surface area contributed by atoms with Gasteiger partial charge in [0.25, 0.3) is 0 Å². The van der Waals surface area contributed by atoms with Crippen molar-refractivity contribution in [2.45, 2.75) is 58.0 Å². The molecule has 0 saturated heterocycles. The van der Waals surface area contributed by atoms with Crippen LogP contribution in [0.1, 0.15) is 55.8 Å². The Labute approximate surface area is 178 Å². The Morgan fingerprint density at radius 3 is 2.33 bits per heavy atom. The second-order valence-corrected chi connectivity index (χ2v) is 9.78. The number of aryl methyl sites for hydroxylation is 2. The number of fused-ring (bicyclic) bond motifs is 1. The Morgan fingerprint density at radius 1 is 1.10 bits per heavy atom. The van der Waals surface area contributed by atoms with E-state index in [4.69, 9.17) is 0 Å². The molecule has 2 atom stereocenters. The number of carbonyl (C=O) groups is 1. The van der Waals surface area contributed by atoms with E-state index in [0.29, 0.717) is 0 Å². The molecule has 0 bridgehead atoms. The van der Waals surface area contributed by atoms with Gasteiger partial charge in [0.15, 0.2) is 0 Å². The summed E-state index contributed by atoms with van der Waals surface area (Å²) in [5.41, 5.74) is 3.97. The zero-order valence-corrected chi connectivity index (χ0v) is 18.5. The maximum atomic E-state index is 13.3. The maximum Gasteiger partial charge on any atom is 0.244 e. The Hall–Kier alpha value is -2.41. The summed E-state index contributed by atoms with van der Waals surface area (Å²) >= 11 is 0. The first-order valence-electron chi connectivity index (χ1n) is 10.4. The van der Waals surface area contributed by atoms with Crippen LogP contribution in [0.2, 0.25) is 0 Å². The summed E-state index contributed by atoms with van der Waals surface area (Å²) in [7, 11) is -3.75. The summed E-state index contributed by atoms with van der Waals surface area (Å²) in [5.74, 6) is -0.844. The number of benzene rings is 2. The largest absolute Gasteiger partial charge is 0.348 e. The lowest BCUT2D eigenvalue weighted by atomic mass is 9.89. The summed E-state index contributed by atoms with van der Waals surface area (Å²) in [6, 6.07) is 10.3. The summed E-state index contributed by atoms with van der Waals surface area (Å²) < 4.78 is 39.4. The Kier molecular flexibility index (Phi) is 6.81. The molecule has 162 valence electrons. The van der Waals surface area contributed by atoms with Crippen molar-refractivity contribution in [2.24, 2.45) is 0 Å². The SMILES string of the molecule is CCC(C(=O)NC(C)c1ccc2c(c1)CCCC2)N(c1ccc(F)cc1)S(C)(=O)=O. The average molecular weight is 433 g/mol. The summed E-state index contributed by atoms with van der Waals surface area (Å²) in [6.45, 7) is 3.66. The van der Waals surface area contributed by atoms with E-state index in [1.165, 1.54) is 48.2 Å². The number of nitrogens with zero attached hydrogens (tertiary/aromatic N) is 1. The smallest absolute Gasteiger partial charge is 0.244 e. The molecular weight excluding hydrogens is 403 g/mol. The predicted molar refractivity (Wildman–Crippen MR) is 117 cm³/mol. The molecule has 1 N–H and O–H groups in total. The van der Waals surface area contributed by atoms with Crippen molar-refractivity contribution >= 4 is 21.6 Å². The second-order valence-electron chi connectivity index (χ2n) is 7.92. The molecule has 0 saturated carbocycles. The maximum absolute atomic E-state index is 13.3. The summed E-state index contributed by atoms with van der Waals surface area (Å²) in [4.78, 5) is 13.1. The number of carbonyl (C=O) groups excluding carboxylic acids is 1. The standard InChI is InChI=1S/C23H29FN2O3S/c1-4-22(26(30(3,28)29)21-13-11-20(24)12-14-21)23(27)25-16(2)18-10-9-17-7-5-6-8-19(17)15-18/h9-16,22H,4-8H2,1-3H3,(H,25,27). The molecule has 30 heavy (non-hydrogen) atoms. The predicted octanol–water partition coefficient (Wildman–Crippen LogP) is 4.13. The quantitative estimate of drug-likeness (QED) is 0.716. The van der Waals surface area contributed by atoms with Gasteiger partial charge in [0.2, 0.25) is 15.9 Å². The number of halogens is 1. The van der Waals surface area contributed by atoms with Crippen LogP contribution in [-0.2, 0) is 27.7 Å². The van der Waals surface area contributed by atoms with Crippen LogP contribution in [0.5, 0.6) is 0 Å². The molecule has 0 aliphatic heterocycles. The molecule has 1 aliphatic carbocycles. The second kappa shape index (κ2) is 9.16. The van der Waals surface area contributed by atoms with Crippen LogP contribution in [0.3, 0.4) is 0 Å². The minimum Gasteiger partial charge on any atom is -0.348 e. The molecule has 2 aromatic rings. The van der Waals surface area contributed by atoms with Gasteiger partial charge < -0.3 is 5.32 Å². The normalized spacial score (nSPS) is 15.7. The topological polar surface area (TPSA) is 66.5 Å². The van der Waals surface area contributed by atoms with Gasteiger partial charge in [-0.25, -0.2) is 12.8 Å². The van der Waals surface area contributed by atoms with Gasteiger partial charge in [-0.15, -0.1) is 0 Å². The molecule has 0 radical (unpaired) electrons. The molecule has 3 rings (SSSR count). The van der Waals surface area contributed by atoms with E-state index < -0.39 is 21.9 Å². The minimum atomic E-state index is -3.75. The number of anilines is 1. The Balaban J connectivity index is 1.82. The number of rotatable bonds is 7. The Bertz CT molecular complexity index is 1010. The fourth-order valence-corrected chi connectivity index (χ4v) is 5.28. The van der Waals surface area contributed by atoms with Crippen LogP contribution in [0.4, 0.5) is 10.1 Å². The highest BCUT2D eigenvalue weighted by molar-refractivity contribution is 7.92. The van der Waals surface area contributed by atoms with E-state index >= 15 is 0 Å². The van der Waals surface area contributed by atoms with Crippen molar-refractivity contribution in [3.63, 3.8) is 0 Å². The van der Waals surface area contributed by atoms with Crippen molar-refractivity contribution in [1.82, 2.24) is 5.32 Å². The molecule has 7 heteroatoms. The fourth-order valence-electron chi connectivity index (χ4n) is 4.06. The third kappa shape index (κ3) is 5.01. The average Bonchev–Trinajstić information content (AvgIpc) is 2.71. The molecule has 0 fully saturated rings. The first-order chi connectivity index (χ1) is 14.2. The fraction of sp³-hybridized carbons (Fsp3) is 0.435. The van der Waals surface area contributed by atoms with Crippen LogP contribution in [0.25, 0.3) is 0 Å². The minimum absolute atomic E-state index is 0.256. The zero-order valence-electron chi connectivity index (χ0n) is 17.7. The first-order valence-corrected chi connectivity index (χ1v) is 12.2. The van der Waals surface area contributed by atoms with Gasteiger partial charge in [0.1, 0.15) is 11.9 Å². The van der Waals surface area contributed by atoms with Crippen molar-refractivity contribution in [3.05, 3.63) is 65.0 Å². The van der Waals surface area contributed by atoms with Crippen LogP contribution in [0, 0.1) is 5.82 Å². The van der Waals surface area contributed by atoms with E-state index in [-0.39, 0.29) is 24.1 Å². The summed E-state index contributed by atoms with van der Waals surface area (Å²) in [6.07, 6.45) is 5.87. The molecule has 1 aliphatic rings. The summed E-state index contributed by atoms with van der Waals surface area (Å²) in [5, 5.41) is 2.97. The lowest BCUT2D eigenvalue weighted by molar-refractivity contribution is -0.122. The highest BCUT2D eigenvalue weighted by Gasteiger charge is 2.32. The van der Waals surface area contributed by atoms with Gasteiger partial charge in [0.05, 0.1) is 18.0 Å². The highest BCUT2D eigenvalue weighted by Crippen LogP contribution is 2.26. The van der Waals surface area contributed by atoms with Crippen LogP contribution in [-0.4, -0.2) is 26.6 Å². The molecule has 1 amide bonds. The van der Waals surface area contributed by atoms with Gasteiger partial charge in [-0.3, -0.25) is 9.10 Å². The third-order valence-corrected chi connectivity index (χ3v) is 6.82. The van der Waals surface area contributed by atoms with Gasteiger partial charge in [-0.2, -0.15) is 0 Å². The molecule has 2 aromatic carbocycles. The molecule has 0 aromatic heterocycles. The van der Waals surface area contributed by atoms with Crippen LogP contribution in [0.15, 0.2) is 42.5 Å². The van der Waals surface area contributed by atoms with Crippen molar-refractivity contribution in [1.29, 1.82) is 0 Å². The molecular formula is C23H29FN2O3S. The zero-order chi connectivity index (χ0) is 21.9. The van der Waals surface area contributed by atoms with Crippen molar-refractivity contribution in [3.8, 4) is 0 Å². The number of hydrogen-bond donors (Lipinski definition) is 1. The number of nitrogens with one attached hydrogen (secondary N) is 1. The van der Waals surface area contributed by atoms with Crippen molar-refractivity contribution in [2.75, 3.05) is 10.6 Å². The monoisotopic (exact) mass is 432 g/mol. The van der Waals surface area contributed by atoms with E-state index in [0.717, 1.165) is 29.0 Å². The molecule has 2 unspecified atom stereocenters. The van der Waals surface area contributed by atoms with Crippen LogP contribution >= 0.6 is 0 Å². The van der Waals surface area contributed by atoms with Gasteiger partial charge in [-0.05, 0) is 80.0 Å². The van der Waals surface area contributed by atoms with E-state index in [1.54, 1.807) is 6.92 Å². The third-order valence-electron chi connectivity index (χ3n) is 5.64. The van der Waals surface area contributed by atoms with Gasteiger partial charge in [-0.1, -0.05) is 25.1 Å². The van der Waals surface area contributed by atoms with E-state index in [2.05, 4.69) is 17.4 Å². The number of amides is 1. The van der Waals surface area contributed by atoms with E-state index in [9.17, 15) is 17.6 Å². The molecule has 0 spiro atoms. The Morgan fingerprint density at radius 2 is 1.73 bits per heavy atom. The van der Waals surface area contributed by atoms with E-state index in [1.807, 2.05) is 13.0 Å². The van der Waals surface area contributed by atoms with Crippen LogP contribution < -0.4 is 9.62 Å². The molecule has 5 nitrogen and oxygen atoms in total. The van der Waals surface area contributed by atoms with Gasteiger partial charge >= 0.3 is 0 Å².